The van der Waals surface area contributed by atoms with Crippen molar-refractivity contribution in [2.24, 2.45) is 0 Å². The van der Waals surface area contributed by atoms with Crippen LogP contribution in [0.5, 0.6) is 5.75 Å². The smallest absolute Gasteiger partial charge is 0.417 e. The van der Waals surface area contributed by atoms with E-state index in [1.807, 2.05) is 0 Å². The topological polar surface area (TPSA) is 97.5 Å². The molecule has 166 valence electrons. The molecule has 0 spiro atoms. The minimum atomic E-state index is -4.87. The summed E-state index contributed by atoms with van der Waals surface area (Å²) in [5.74, 6) is -0.860. The van der Waals surface area contributed by atoms with Gasteiger partial charge in [0.15, 0.2) is 5.60 Å². The first-order valence-corrected chi connectivity index (χ1v) is 9.29. The molecule has 31 heavy (non-hydrogen) atoms. The van der Waals surface area contributed by atoms with Gasteiger partial charge in [0.05, 0.1) is 5.56 Å². The number of nitrogens with one attached hydrogen (secondary N) is 1. The average Bonchev–Trinajstić information content (AvgIpc) is 3.30. The number of nitrogens with zero attached hydrogens (tertiary/aromatic N) is 2. The second-order valence-electron chi connectivity index (χ2n) is 6.52. The Labute approximate surface area is 175 Å². The summed E-state index contributed by atoms with van der Waals surface area (Å²) in [4.78, 5) is 16.1. The second kappa shape index (κ2) is 8.59. The Morgan fingerprint density at radius 1 is 1.32 bits per heavy atom. The Balaban J connectivity index is 1.68. The number of amides is 1. The molecule has 3 aromatic rings. The highest BCUT2D eigenvalue weighted by atomic mass is 32.1. The van der Waals surface area contributed by atoms with Gasteiger partial charge in [0.25, 0.3) is 5.91 Å². The molecule has 2 heterocycles. The molecule has 13 heteroatoms. The zero-order valence-corrected chi connectivity index (χ0v) is 16.4. The fourth-order valence-corrected chi connectivity index (χ4v) is 2.97. The molecule has 0 aliphatic rings. The Morgan fingerprint density at radius 3 is 2.74 bits per heavy atom. The molecule has 0 radical (unpaired) electrons. The summed E-state index contributed by atoms with van der Waals surface area (Å²) in [6, 6.07) is 7.00. The van der Waals surface area contributed by atoms with E-state index in [0.29, 0.717) is 24.0 Å². The fraction of sp³-hybridized carbons (Fsp3) is 0.278. The van der Waals surface area contributed by atoms with Gasteiger partial charge >= 0.3 is 12.8 Å². The number of ether oxygens (including phenoxy) is 1. The molecule has 1 atom stereocenters. The highest BCUT2D eigenvalue weighted by Crippen LogP contribution is 2.33. The van der Waals surface area contributed by atoms with Crippen LogP contribution in [-0.4, -0.2) is 38.8 Å². The van der Waals surface area contributed by atoms with Crippen molar-refractivity contribution in [1.29, 1.82) is 0 Å². The highest BCUT2D eigenvalue weighted by molar-refractivity contribution is 7.09. The molecule has 3 rings (SSSR count). The quantitative estimate of drug-likeness (QED) is 0.501. The van der Waals surface area contributed by atoms with Gasteiger partial charge in [-0.3, -0.25) is 10.1 Å². The van der Waals surface area contributed by atoms with Crippen LogP contribution in [-0.2, 0) is 6.42 Å². The largest absolute Gasteiger partial charge is 0.464 e. The lowest BCUT2D eigenvalue weighted by molar-refractivity contribution is -0.252. The van der Waals surface area contributed by atoms with Crippen molar-refractivity contribution in [1.82, 2.24) is 9.36 Å². The minimum absolute atomic E-state index is 0.0502. The Morgan fingerprint density at radius 2 is 2.06 bits per heavy atom. The van der Waals surface area contributed by atoms with Crippen LogP contribution in [0.15, 0.2) is 41.0 Å². The summed E-state index contributed by atoms with van der Waals surface area (Å²) < 4.78 is 76.3. The maximum Gasteiger partial charge on any atom is 0.417 e. The first-order chi connectivity index (χ1) is 14.4. The molecule has 0 saturated heterocycles. The number of rotatable bonds is 7. The molecule has 2 N–H and O–H groups in total. The van der Waals surface area contributed by atoms with E-state index >= 15 is 0 Å². The van der Waals surface area contributed by atoms with Gasteiger partial charge in [-0.1, -0.05) is 12.1 Å². The zero-order chi connectivity index (χ0) is 22.8. The van der Waals surface area contributed by atoms with Gasteiger partial charge in [-0.2, -0.15) is 26.3 Å². The predicted molar refractivity (Wildman–Crippen MR) is 99.0 cm³/mol. The molecule has 1 aromatic carbocycles. The summed E-state index contributed by atoms with van der Waals surface area (Å²) >= 11 is 0.645. The number of benzene rings is 1. The van der Waals surface area contributed by atoms with Crippen molar-refractivity contribution in [3.05, 3.63) is 48.0 Å². The van der Waals surface area contributed by atoms with E-state index < -0.39 is 30.7 Å². The number of carbonyl (C=O) groups excluding carboxylic acids is 1. The molecule has 0 fully saturated rings. The summed E-state index contributed by atoms with van der Waals surface area (Å²) in [6.45, 7) is -2.40. The van der Waals surface area contributed by atoms with Crippen molar-refractivity contribution in [2.45, 2.75) is 31.7 Å². The third kappa shape index (κ3) is 5.55. The maximum absolute atomic E-state index is 12.8. The number of halogens is 5. The molecule has 0 aliphatic heterocycles. The fourth-order valence-electron chi connectivity index (χ4n) is 2.39. The lowest BCUT2D eigenvalue weighted by Gasteiger charge is -2.24. The van der Waals surface area contributed by atoms with Gasteiger partial charge in [0, 0.05) is 23.5 Å². The number of hydrogen-bond acceptors (Lipinski definition) is 7. The number of anilines is 1. The SMILES string of the molecule is CC(O)(Cc1nsc(NC(=O)c2coc(-c3cccc(OC(F)F)c3)c2)n1)C(F)(F)F. The molecule has 0 aliphatic carbocycles. The summed E-state index contributed by atoms with van der Waals surface area (Å²) in [6.07, 6.45) is -4.63. The molecule has 7 nitrogen and oxygen atoms in total. The zero-order valence-electron chi connectivity index (χ0n) is 15.6. The van der Waals surface area contributed by atoms with Crippen molar-refractivity contribution in [3.8, 4) is 17.1 Å². The van der Waals surface area contributed by atoms with Crippen molar-refractivity contribution < 1.29 is 41.0 Å². The summed E-state index contributed by atoms with van der Waals surface area (Å²) in [5.41, 5.74) is -2.59. The number of alkyl halides is 5. The number of aliphatic hydroxyl groups is 1. The third-order valence-corrected chi connectivity index (χ3v) is 4.68. The van der Waals surface area contributed by atoms with Crippen LogP contribution in [0.25, 0.3) is 11.3 Å². The van der Waals surface area contributed by atoms with E-state index in [0.717, 1.165) is 6.26 Å². The maximum atomic E-state index is 12.8. The summed E-state index contributed by atoms with van der Waals surface area (Å²) in [5, 5.41) is 11.8. The van der Waals surface area contributed by atoms with Crippen LogP contribution in [0.1, 0.15) is 23.1 Å². The molecular weight excluding hydrogens is 449 g/mol. The van der Waals surface area contributed by atoms with Gasteiger partial charge in [-0.25, -0.2) is 4.98 Å². The lowest BCUT2D eigenvalue weighted by Crippen LogP contribution is -2.44. The van der Waals surface area contributed by atoms with Gasteiger partial charge in [0.2, 0.25) is 5.13 Å². The molecule has 0 saturated carbocycles. The van der Waals surface area contributed by atoms with Crippen LogP contribution < -0.4 is 10.1 Å². The average molecular weight is 463 g/mol. The van der Waals surface area contributed by atoms with E-state index in [9.17, 15) is 31.9 Å². The van der Waals surface area contributed by atoms with Crippen LogP contribution in [0.4, 0.5) is 27.1 Å². The highest BCUT2D eigenvalue weighted by Gasteiger charge is 2.50. The Hall–Kier alpha value is -3.06. The van der Waals surface area contributed by atoms with Gasteiger partial charge in [0.1, 0.15) is 23.6 Å². The van der Waals surface area contributed by atoms with Gasteiger partial charge < -0.3 is 14.3 Å². The second-order valence-corrected chi connectivity index (χ2v) is 7.28. The van der Waals surface area contributed by atoms with E-state index in [4.69, 9.17) is 4.42 Å². The van der Waals surface area contributed by atoms with Crippen LogP contribution in [0, 0.1) is 0 Å². The normalized spacial score (nSPS) is 13.8. The predicted octanol–water partition coefficient (Wildman–Crippen LogP) is 4.51. The van der Waals surface area contributed by atoms with E-state index in [1.54, 1.807) is 6.07 Å². The molecule has 1 unspecified atom stereocenters. The third-order valence-electron chi connectivity index (χ3n) is 4.01. The first kappa shape index (κ1) is 22.6. The lowest BCUT2D eigenvalue weighted by atomic mass is 10.0. The van der Waals surface area contributed by atoms with Crippen molar-refractivity contribution in [3.63, 3.8) is 0 Å². The van der Waals surface area contributed by atoms with E-state index in [2.05, 4.69) is 19.4 Å². The van der Waals surface area contributed by atoms with Crippen molar-refractivity contribution >= 4 is 22.6 Å². The summed E-state index contributed by atoms with van der Waals surface area (Å²) in [7, 11) is 0. The number of hydrogen-bond donors (Lipinski definition) is 2. The number of furan rings is 1. The first-order valence-electron chi connectivity index (χ1n) is 8.51. The van der Waals surface area contributed by atoms with Crippen molar-refractivity contribution in [2.75, 3.05) is 5.32 Å². The number of aromatic nitrogens is 2. The van der Waals surface area contributed by atoms with Gasteiger partial charge in [-0.15, -0.1) is 0 Å². The monoisotopic (exact) mass is 463 g/mol. The molecule has 2 aromatic heterocycles. The van der Waals surface area contributed by atoms with E-state index in [1.165, 1.54) is 24.3 Å². The van der Waals surface area contributed by atoms with Crippen LogP contribution in [0.3, 0.4) is 0 Å². The van der Waals surface area contributed by atoms with Crippen LogP contribution >= 0.6 is 11.5 Å². The molecule has 1 amide bonds. The van der Waals surface area contributed by atoms with E-state index in [-0.39, 0.29) is 28.0 Å². The standard InChI is InChI=1S/C18H14F5N3O4S/c1-17(28,18(21,22)23)7-13-24-16(31-26-13)25-14(27)10-6-12(29-8-10)9-3-2-4-11(5-9)30-15(19)20/h2-6,8,15,28H,7H2,1H3,(H,24,25,26,27). The van der Waals surface area contributed by atoms with Gasteiger partial charge in [-0.05, 0) is 25.1 Å². The molecule has 0 bridgehead atoms. The van der Waals surface area contributed by atoms with Crippen LogP contribution in [0.2, 0.25) is 0 Å². The number of carbonyl (C=O) groups is 1. The Kier molecular flexibility index (Phi) is 6.27. The minimum Gasteiger partial charge on any atom is -0.464 e. The molecular formula is C18H14F5N3O4S. The Bertz CT molecular complexity index is 1060.